The molecule has 0 bridgehead atoms. The number of hydrogen-bond donors (Lipinski definition) is 1. The van der Waals surface area contributed by atoms with Crippen molar-refractivity contribution in [1.29, 1.82) is 0 Å². The Morgan fingerprint density at radius 3 is 2.63 bits per heavy atom. The van der Waals surface area contributed by atoms with Crippen molar-refractivity contribution in [2.45, 2.75) is 45.3 Å². The highest BCUT2D eigenvalue weighted by Gasteiger charge is 2.35. The molecular formula is C21H30ClNO4. The number of halogens is 1. The smallest absolute Gasteiger partial charge is 0.141 e. The lowest BCUT2D eigenvalue weighted by molar-refractivity contribution is 0.0286. The van der Waals surface area contributed by atoms with E-state index in [1.54, 1.807) is 14.2 Å². The first-order valence-electron chi connectivity index (χ1n) is 9.54. The third-order valence-electron chi connectivity index (χ3n) is 4.87. The minimum absolute atomic E-state index is 0.103. The van der Waals surface area contributed by atoms with Gasteiger partial charge >= 0.3 is 0 Å². The molecular weight excluding hydrogens is 366 g/mol. The van der Waals surface area contributed by atoms with Gasteiger partial charge in [0.15, 0.2) is 0 Å². The molecule has 0 aromatic heterocycles. The van der Waals surface area contributed by atoms with E-state index in [0.29, 0.717) is 36.6 Å². The van der Waals surface area contributed by atoms with Crippen LogP contribution in [0.1, 0.15) is 38.7 Å². The molecule has 5 nitrogen and oxygen atoms in total. The molecule has 0 saturated heterocycles. The second kappa shape index (κ2) is 8.72. The van der Waals surface area contributed by atoms with Gasteiger partial charge in [0.05, 0.1) is 18.2 Å². The van der Waals surface area contributed by atoms with Gasteiger partial charge in [-0.3, -0.25) is 0 Å². The minimum Gasteiger partial charge on any atom is -0.492 e. The lowest BCUT2D eigenvalue weighted by atomic mass is 9.85. The first kappa shape index (κ1) is 20.3. The van der Waals surface area contributed by atoms with Gasteiger partial charge in [0.25, 0.3) is 0 Å². The molecule has 2 aliphatic rings. The summed E-state index contributed by atoms with van der Waals surface area (Å²) >= 11 is 6.48. The van der Waals surface area contributed by atoms with Crippen LogP contribution in [0.15, 0.2) is 18.2 Å². The van der Waals surface area contributed by atoms with Crippen LogP contribution in [-0.2, 0) is 9.47 Å². The van der Waals surface area contributed by atoms with Crippen molar-refractivity contribution in [3.8, 4) is 11.5 Å². The first-order chi connectivity index (χ1) is 12.9. The van der Waals surface area contributed by atoms with E-state index in [0.717, 1.165) is 23.4 Å². The van der Waals surface area contributed by atoms with E-state index < -0.39 is 0 Å². The van der Waals surface area contributed by atoms with Gasteiger partial charge in [0.2, 0.25) is 0 Å². The Bertz CT molecular complexity index is 685. The number of fused-ring (bicyclic) bond motifs is 1. The largest absolute Gasteiger partial charge is 0.492 e. The van der Waals surface area contributed by atoms with Gasteiger partial charge in [-0.25, -0.2) is 0 Å². The average molecular weight is 396 g/mol. The van der Waals surface area contributed by atoms with Crippen molar-refractivity contribution >= 4 is 17.3 Å². The standard InChI is InChI=1S/C21H30ClNO4/c1-21(2,13-25-4)20-11-17(23-14-6-7-14)15-10-16(22)19(12-18(15)27-20)26-9-5-8-24-3/h10-12,14,20,23H,5-9,13H2,1-4H3. The number of rotatable bonds is 10. The molecule has 1 fully saturated rings. The maximum atomic E-state index is 6.48. The van der Waals surface area contributed by atoms with Crippen LogP contribution in [0, 0.1) is 5.41 Å². The van der Waals surface area contributed by atoms with Crippen molar-refractivity contribution in [2.24, 2.45) is 5.41 Å². The van der Waals surface area contributed by atoms with Crippen molar-refractivity contribution in [3.05, 3.63) is 28.8 Å². The van der Waals surface area contributed by atoms with E-state index in [9.17, 15) is 0 Å². The Morgan fingerprint density at radius 2 is 1.96 bits per heavy atom. The van der Waals surface area contributed by atoms with E-state index >= 15 is 0 Å². The molecule has 150 valence electrons. The number of methoxy groups -OCH3 is 2. The zero-order chi connectivity index (χ0) is 19.4. The summed E-state index contributed by atoms with van der Waals surface area (Å²) in [6.07, 6.45) is 5.27. The van der Waals surface area contributed by atoms with Crippen molar-refractivity contribution in [1.82, 2.24) is 5.32 Å². The third-order valence-corrected chi connectivity index (χ3v) is 5.17. The predicted molar refractivity (Wildman–Crippen MR) is 108 cm³/mol. The average Bonchev–Trinajstić information content (AvgIpc) is 3.43. The maximum absolute atomic E-state index is 6.48. The second-order valence-corrected chi connectivity index (χ2v) is 8.34. The van der Waals surface area contributed by atoms with Crippen molar-refractivity contribution in [3.63, 3.8) is 0 Å². The topological polar surface area (TPSA) is 49.0 Å². The summed E-state index contributed by atoms with van der Waals surface area (Å²) in [6, 6.07) is 4.38. The van der Waals surface area contributed by atoms with Gasteiger partial charge in [0.1, 0.15) is 17.6 Å². The zero-order valence-electron chi connectivity index (χ0n) is 16.6. The van der Waals surface area contributed by atoms with Gasteiger partial charge in [-0.1, -0.05) is 25.4 Å². The summed E-state index contributed by atoms with van der Waals surface area (Å²) in [5.74, 6) is 1.43. The highest BCUT2D eigenvalue weighted by molar-refractivity contribution is 6.32. The number of nitrogens with one attached hydrogen (secondary N) is 1. The highest BCUT2D eigenvalue weighted by Crippen LogP contribution is 2.42. The normalized spacial score (nSPS) is 19.1. The van der Waals surface area contributed by atoms with Gasteiger partial charge in [0, 0.05) is 56.0 Å². The van der Waals surface area contributed by atoms with Gasteiger partial charge in [-0.05, 0) is 25.0 Å². The molecule has 0 spiro atoms. The summed E-state index contributed by atoms with van der Waals surface area (Å²) < 4.78 is 22.7. The number of ether oxygens (including phenoxy) is 4. The van der Waals surface area contributed by atoms with Crippen LogP contribution in [0.2, 0.25) is 5.02 Å². The molecule has 1 atom stereocenters. The second-order valence-electron chi connectivity index (χ2n) is 7.93. The third kappa shape index (κ3) is 5.09. The SMILES string of the molecule is COCCCOc1cc2c(cc1Cl)C(NC1CC1)=CC(C(C)(C)COC)O2. The van der Waals surface area contributed by atoms with Crippen LogP contribution in [0.3, 0.4) is 0 Å². The molecule has 1 saturated carbocycles. The van der Waals surface area contributed by atoms with E-state index in [1.807, 2.05) is 12.1 Å². The van der Waals surface area contributed by atoms with Crippen LogP contribution in [0.25, 0.3) is 5.70 Å². The number of hydrogen-bond acceptors (Lipinski definition) is 5. The Kier molecular flexibility index (Phi) is 6.56. The van der Waals surface area contributed by atoms with Gasteiger partial charge in [-0.2, -0.15) is 0 Å². The summed E-state index contributed by atoms with van der Waals surface area (Å²) in [7, 11) is 3.40. The van der Waals surface area contributed by atoms with Gasteiger partial charge in [-0.15, -0.1) is 0 Å². The Hall–Kier alpha value is -1.43. The molecule has 0 amide bonds. The summed E-state index contributed by atoms with van der Waals surface area (Å²) in [5, 5.41) is 4.21. The first-order valence-corrected chi connectivity index (χ1v) is 9.92. The Balaban J connectivity index is 1.85. The van der Waals surface area contributed by atoms with Crippen molar-refractivity contribution in [2.75, 3.05) is 34.0 Å². The molecule has 1 aliphatic heterocycles. The molecule has 1 unspecified atom stereocenters. The van der Waals surface area contributed by atoms with Crippen LogP contribution < -0.4 is 14.8 Å². The lowest BCUT2D eigenvalue weighted by Crippen LogP contribution is -2.39. The minimum atomic E-state index is -0.165. The fourth-order valence-corrected chi connectivity index (χ4v) is 3.38. The van der Waals surface area contributed by atoms with Crippen LogP contribution in [0.5, 0.6) is 11.5 Å². The molecule has 1 aromatic rings. The quantitative estimate of drug-likeness (QED) is 0.599. The lowest BCUT2D eigenvalue weighted by Gasteiger charge is -2.36. The van der Waals surface area contributed by atoms with E-state index in [2.05, 4.69) is 25.2 Å². The molecule has 3 rings (SSSR count). The molecule has 27 heavy (non-hydrogen) atoms. The van der Waals surface area contributed by atoms with Crippen LogP contribution in [-0.4, -0.2) is 46.2 Å². The molecule has 6 heteroatoms. The summed E-state index contributed by atoms with van der Waals surface area (Å²) in [5.41, 5.74) is 1.91. The molecule has 1 aromatic carbocycles. The van der Waals surface area contributed by atoms with E-state index in [4.69, 9.17) is 30.5 Å². The monoisotopic (exact) mass is 395 g/mol. The summed E-state index contributed by atoms with van der Waals surface area (Å²) in [6.45, 7) is 6.11. The fourth-order valence-electron chi connectivity index (χ4n) is 3.16. The Labute approximate surface area is 167 Å². The van der Waals surface area contributed by atoms with Gasteiger partial charge < -0.3 is 24.3 Å². The van der Waals surface area contributed by atoms with Crippen LogP contribution >= 0.6 is 11.6 Å². The Morgan fingerprint density at radius 1 is 1.19 bits per heavy atom. The van der Waals surface area contributed by atoms with E-state index in [1.165, 1.54) is 12.8 Å². The van der Waals surface area contributed by atoms with E-state index in [-0.39, 0.29) is 11.5 Å². The molecule has 1 heterocycles. The highest BCUT2D eigenvalue weighted by atomic mass is 35.5. The summed E-state index contributed by atoms with van der Waals surface area (Å²) in [4.78, 5) is 0. The van der Waals surface area contributed by atoms with Crippen LogP contribution in [0.4, 0.5) is 0 Å². The fraction of sp³-hybridized carbons (Fsp3) is 0.619. The maximum Gasteiger partial charge on any atom is 0.141 e. The molecule has 1 N–H and O–H groups in total. The van der Waals surface area contributed by atoms with Crippen molar-refractivity contribution < 1.29 is 18.9 Å². The zero-order valence-corrected chi connectivity index (χ0v) is 17.4. The predicted octanol–water partition coefficient (Wildman–Crippen LogP) is 4.28. The molecule has 1 aliphatic carbocycles. The number of benzene rings is 1. The molecule has 0 radical (unpaired) electrons.